The average Bonchev–Trinajstić information content (AvgIpc) is 3.25. The molecule has 0 aliphatic rings. The van der Waals surface area contributed by atoms with Gasteiger partial charge in [-0.15, -0.1) is 11.3 Å². The summed E-state index contributed by atoms with van der Waals surface area (Å²) in [6.45, 7) is 11.6. The normalized spacial score (nSPS) is 13.3. The topological polar surface area (TPSA) is 68.7 Å². The molecule has 0 spiro atoms. The second-order valence-electron chi connectivity index (χ2n) is 8.18. The number of carbonyl (C=O) groups excluding carboxylic acids is 2. The molecule has 2 atom stereocenters. The van der Waals surface area contributed by atoms with Crippen LogP contribution in [0.25, 0.3) is 0 Å². The molecule has 0 aliphatic heterocycles. The van der Waals surface area contributed by atoms with Gasteiger partial charge in [0.2, 0.25) is 5.91 Å². The van der Waals surface area contributed by atoms with Crippen LogP contribution in [0.4, 0.5) is 4.53 Å². The maximum absolute atomic E-state index is 13.1. The minimum Gasteiger partial charge on any atom is -0.371 e. The molecule has 31 heavy (non-hydrogen) atoms. The fraction of sp³-hybridized carbons (Fsp3) is 0.783. The Morgan fingerprint density at radius 3 is 2.42 bits per heavy atom. The van der Waals surface area contributed by atoms with E-state index >= 15 is 0 Å². The average molecular weight is 459 g/mol. The molecule has 8 heteroatoms. The summed E-state index contributed by atoms with van der Waals surface area (Å²) in [5, 5.41) is 2.07. The predicted octanol–water partition coefficient (Wildman–Crippen LogP) is 6.28. The number of carbonyl (C=O) groups is 2. The van der Waals surface area contributed by atoms with Gasteiger partial charge in [0.1, 0.15) is 11.1 Å². The zero-order valence-corrected chi connectivity index (χ0v) is 20.5. The van der Waals surface area contributed by atoms with Gasteiger partial charge in [0.15, 0.2) is 5.69 Å². The van der Waals surface area contributed by atoms with Crippen LogP contribution in [-0.2, 0) is 14.5 Å². The maximum Gasteiger partial charge on any atom is 0.398 e. The number of rotatable bonds is 16. The first-order valence-electron chi connectivity index (χ1n) is 11.6. The van der Waals surface area contributed by atoms with Crippen LogP contribution in [0.15, 0.2) is 5.38 Å². The molecule has 1 amide bonds. The molecule has 1 aromatic heterocycles. The van der Waals surface area contributed by atoms with Crippen molar-refractivity contribution in [3.8, 4) is 0 Å². The highest BCUT2D eigenvalue weighted by Crippen LogP contribution is 2.31. The third-order valence-corrected chi connectivity index (χ3v) is 6.32. The predicted molar refractivity (Wildman–Crippen MR) is 122 cm³/mol. The number of unbranched alkanes of at least 4 members (excludes halogenated alkanes) is 4. The van der Waals surface area contributed by atoms with Crippen molar-refractivity contribution in [2.24, 2.45) is 5.92 Å². The van der Waals surface area contributed by atoms with E-state index in [0.717, 1.165) is 45.1 Å². The Bertz CT molecular complexity index is 653. The first kappa shape index (κ1) is 27.5. The summed E-state index contributed by atoms with van der Waals surface area (Å²) >= 11 is 1.25. The molecule has 1 aromatic rings. The summed E-state index contributed by atoms with van der Waals surface area (Å²) in [4.78, 5) is 34.1. The van der Waals surface area contributed by atoms with Crippen LogP contribution in [0.3, 0.4) is 0 Å². The molecule has 0 N–H and O–H groups in total. The summed E-state index contributed by atoms with van der Waals surface area (Å²) in [6, 6.07) is -0.0111. The number of aromatic nitrogens is 1. The van der Waals surface area contributed by atoms with Gasteiger partial charge in [-0.25, -0.2) is 14.7 Å². The molecule has 0 saturated heterocycles. The lowest BCUT2D eigenvalue weighted by atomic mass is 9.95. The van der Waals surface area contributed by atoms with Crippen LogP contribution >= 0.6 is 11.3 Å². The lowest BCUT2D eigenvalue weighted by Crippen LogP contribution is -2.45. The van der Waals surface area contributed by atoms with Gasteiger partial charge in [-0.1, -0.05) is 53.4 Å². The number of hydrogen-bond donors (Lipinski definition) is 0. The lowest BCUT2D eigenvalue weighted by molar-refractivity contribution is -0.135. The van der Waals surface area contributed by atoms with Crippen molar-refractivity contribution in [1.29, 1.82) is 0 Å². The van der Waals surface area contributed by atoms with Crippen LogP contribution in [0, 0.1) is 5.92 Å². The highest BCUT2D eigenvalue weighted by Gasteiger charge is 2.31. The molecule has 0 bridgehead atoms. The van der Waals surface area contributed by atoms with Gasteiger partial charge in [0.05, 0.1) is 0 Å². The van der Waals surface area contributed by atoms with Gasteiger partial charge in [-0.3, -0.25) is 4.79 Å². The highest BCUT2D eigenvalue weighted by molar-refractivity contribution is 7.09. The van der Waals surface area contributed by atoms with Crippen LogP contribution in [0.5, 0.6) is 0 Å². The minimum atomic E-state index is -1.11. The van der Waals surface area contributed by atoms with Crippen molar-refractivity contribution in [2.45, 2.75) is 98.1 Å². The summed E-state index contributed by atoms with van der Waals surface area (Å²) < 4.78 is 18.2. The van der Waals surface area contributed by atoms with Crippen molar-refractivity contribution in [3.05, 3.63) is 16.1 Å². The van der Waals surface area contributed by atoms with Crippen LogP contribution in [0.1, 0.15) is 108 Å². The van der Waals surface area contributed by atoms with Crippen LogP contribution in [0.2, 0.25) is 0 Å². The maximum atomic E-state index is 13.1. The number of hydrogen-bond acceptors (Lipinski definition) is 6. The van der Waals surface area contributed by atoms with Gasteiger partial charge in [0.25, 0.3) is 0 Å². The Balaban J connectivity index is 3.07. The molecule has 1 rings (SSSR count). The highest BCUT2D eigenvalue weighted by atomic mass is 32.1. The fourth-order valence-corrected chi connectivity index (χ4v) is 4.49. The SMILES string of the molecule is CCCCCCN(C(=O)CCCC)C(CC(OCC)c1nc(C(=O)OF)cs1)C(C)C. The first-order valence-corrected chi connectivity index (χ1v) is 12.5. The molecule has 2 unspecified atom stereocenters. The van der Waals surface area contributed by atoms with E-state index in [1.807, 2.05) is 11.8 Å². The Labute approximate surface area is 190 Å². The molecule has 0 aliphatic carbocycles. The van der Waals surface area contributed by atoms with E-state index in [0.29, 0.717) is 24.5 Å². The number of ether oxygens (including phenoxy) is 1. The molecular weight excluding hydrogens is 419 g/mol. The third kappa shape index (κ3) is 9.23. The van der Waals surface area contributed by atoms with E-state index < -0.39 is 5.97 Å². The zero-order chi connectivity index (χ0) is 23.2. The van der Waals surface area contributed by atoms with E-state index in [-0.39, 0.29) is 29.7 Å². The third-order valence-electron chi connectivity index (χ3n) is 5.39. The van der Waals surface area contributed by atoms with Crippen molar-refractivity contribution < 1.29 is 23.8 Å². The molecule has 178 valence electrons. The van der Waals surface area contributed by atoms with Crippen LogP contribution in [-0.4, -0.2) is 41.0 Å². The van der Waals surface area contributed by atoms with Crippen molar-refractivity contribution >= 4 is 23.2 Å². The van der Waals surface area contributed by atoms with E-state index in [1.54, 1.807) is 0 Å². The summed E-state index contributed by atoms with van der Waals surface area (Å²) in [7, 11) is 0. The fourth-order valence-electron chi connectivity index (χ4n) is 3.64. The van der Waals surface area contributed by atoms with Crippen LogP contribution < -0.4 is 0 Å². The Kier molecular flexibility index (Phi) is 13.6. The van der Waals surface area contributed by atoms with Crippen molar-refractivity contribution in [1.82, 2.24) is 9.88 Å². The minimum absolute atomic E-state index is 0.0111. The van der Waals surface area contributed by atoms with E-state index in [4.69, 9.17) is 4.74 Å². The van der Waals surface area contributed by atoms with Crippen molar-refractivity contribution in [2.75, 3.05) is 13.2 Å². The van der Waals surface area contributed by atoms with E-state index in [1.165, 1.54) is 16.7 Å². The summed E-state index contributed by atoms with van der Waals surface area (Å²) in [6.07, 6.45) is 7.02. The standard InChI is InChI=1S/C23H39FN2O4S/c1-6-9-11-12-14-26(21(27)13-10-7-2)19(17(4)5)15-20(29-8-3)22-25-18(16-31-22)23(28)30-24/h16-17,19-20H,6-15H2,1-5H3. The molecule has 1 heterocycles. The largest absolute Gasteiger partial charge is 0.398 e. The molecular formula is C23H39FN2O4S. The van der Waals surface area contributed by atoms with Gasteiger partial charge >= 0.3 is 5.97 Å². The number of amides is 1. The quantitative estimate of drug-likeness (QED) is 0.273. The number of thiazole rings is 1. The first-order chi connectivity index (χ1) is 14.9. The van der Waals surface area contributed by atoms with Gasteiger partial charge in [0, 0.05) is 41.9 Å². The number of halogens is 1. The second kappa shape index (κ2) is 15.3. The van der Waals surface area contributed by atoms with E-state index in [9.17, 15) is 14.1 Å². The zero-order valence-electron chi connectivity index (χ0n) is 19.7. The van der Waals surface area contributed by atoms with E-state index in [2.05, 4.69) is 37.6 Å². The monoisotopic (exact) mass is 458 g/mol. The molecule has 0 radical (unpaired) electrons. The molecule has 6 nitrogen and oxygen atoms in total. The number of nitrogens with zero attached hydrogens (tertiary/aromatic N) is 2. The summed E-state index contributed by atoms with van der Waals surface area (Å²) in [5.41, 5.74) is -0.0660. The Hall–Kier alpha value is -1.54. The molecule has 0 saturated carbocycles. The Morgan fingerprint density at radius 2 is 1.84 bits per heavy atom. The molecule has 0 aromatic carbocycles. The molecule has 0 fully saturated rings. The van der Waals surface area contributed by atoms with Gasteiger partial charge in [-0.05, 0) is 25.7 Å². The summed E-state index contributed by atoms with van der Waals surface area (Å²) in [5.74, 6) is -0.687. The Morgan fingerprint density at radius 1 is 1.13 bits per heavy atom. The smallest absolute Gasteiger partial charge is 0.371 e. The lowest BCUT2D eigenvalue weighted by Gasteiger charge is -2.36. The van der Waals surface area contributed by atoms with Gasteiger partial charge < -0.3 is 9.64 Å². The van der Waals surface area contributed by atoms with Gasteiger partial charge in [-0.2, -0.15) is 0 Å². The second-order valence-corrected chi connectivity index (χ2v) is 9.07. The van der Waals surface area contributed by atoms with Crippen molar-refractivity contribution in [3.63, 3.8) is 0 Å².